The number of likely N-dealkylation sites (tertiary alicyclic amines) is 1. The second kappa shape index (κ2) is 7.11. The molecule has 0 saturated carbocycles. The fourth-order valence-electron chi connectivity index (χ4n) is 5.71. The highest BCUT2D eigenvalue weighted by Gasteiger charge is 2.54. The number of rotatable bonds is 4. The van der Waals surface area contributed by atoms with Crippen LogP contribution in [0.1, 0.15) is 34.3 Å². The summed E-state index contributed by atoms with van der Waals surface area (Å²) < 4.78 is 24.2. The van der Waals surface area contributed by atoms with Crippen molar-refractivity contribution in [3.8, 4) is 0 Å². The zero-order valence-corrected chi connectivity index (χ0v) is 18.0. The van der Waals surface area contributed by atoms with Gasteiger partial charge in [-0.05, 0) is 29.5 Å². The van der Waals surface area contributed by atoms with Crippen molar-refractivity contribution in [3.05, 3.63) is 34.9 Å². The molecular weight excluding hydrogens is 420 g/mol. The maximum Gasteiger partial charge on any atom is 0.255 e. The van der Waals surface area contributed by atoms with Gasteiger partial charge in [-0.25, -0.2) is 8.42 Å². The van der Waals surface area contributed by atoms with Gasteiger partial charge in [-0.1, -0.05) is 12.1 Å². The van der Waals surface area contributed by atoms with Gasteiger partial charge in [0.2, 0.25) is 11.8 Å². The Hall–Kier alpha value is -2.30. The van der Waals surface area contributed by atoms with E-state index in [1.54, 1.807) is 4.90 Å². The highest BCUT2D eigenvalue weighted by molar-refractivity contribution is 7.91. The Morgan fingerprint density at radius 2 is 2.03 bits per heavy atom. The molecule has 1 aromatic carbocycles. The minimum Gasteiger partial charge on any atom is -0.330 e. The first-order valence-electron chi connectivity index (χ1n) is 10.6. The monoisotopic (exact) mass is 446 g/mol. The van der Waals surface area contributed by atoms with Gasteiger partial charge in [0.05, 0.1) is 11.5 Å². The Morgan fingerprint density at radius 3 is 2.74 bits per heavy atom. The number of hydrogen-bond donors (Lipinski definition) is 2. The summed E-state index contributed by atoms with van der Waals surface area (Å²) >= 11 is 0. The van der Waals surface area contributed by atoms with Crippen molar-refractivity contribution >= 4 is 27.6 Å². The summed E-state index contributed by atoms with van der Waals surface area (Å²) in [7, 11) is -3.02. The van der Waals surface area contributed by atoms with Crippen LogP contribution < -0.4 is 11.1 Å². The van der Waals surface area contributed by atoms with Crippen molar-refractivity contribution in [1.82, 2.24) is 15.1 Å². The summed E-state index contributed by atoms with van der Waals surface area (Å²) in [4.78, 5) is 40.4. The Morgan fingerprint density at radius 1 is 1.23 bits per heavy atom. The first kappa shape index (κ1) is 20.6. The maximum atomic E-state index is 13.0. The molecule has 3 N–H and O–H groups in total. The summed E-state index contributed by atoms with van der Waals surface area (Å²) in [5, 5.41) is 2.32. The van der Waals surface area contributed by atoms with Crippen molar-refractivity contribution in [3.63, 3.8) is 0 Å². The maximum absolute atomic E-state index is 13.0. The summed E-state index contributed by atoms with van der Waals surface area (Å²) in [5.41, 5.74) is 8.07. The number of nitrogens with zero attached hydrogens (tertiary/aromatic N) is 2. The predicted octanol–water partition coefficient (Wildman–Crippen LogP) is -0.747. The van der Waals surface area contributed by atoms with E-state index in [2.05, 4.69) is 10.2 Å². The van der Waals surface area contributed by atoms with Crippen LogP contribution in [0.2, 0.25) is 0 Å². The summed E-state index contributed by atoms with van der Waals surface area (Å²) in [6, 6.07) is 5.17. The van der Waals surface area contributed by atoms with Crippen LogP contribution >= 0.6 is 0 Å². The standard InChI is InChI=1S/C21H26N4O5S/c22-10-21-11-24(8-15(21)9-31(29,30)12-21)6-13-1-2-14-7-25(20(28)16(14)5-13)17-3-4-18(26)23-19(17)27/h1-2,5,15,17H,3-4,6-12,22H2,(H,23,26,27)/t15-,17?,21+/m0/s1. The van der Waals surface area contributed by atoms with E-state index < -0.39 is 21.8 Å². The molecule has 166 valence electrons. The van der Waals surface area contributed by atoms with E-state index in [4.69, 9.17) is 5.73 Å². The molecule has 31 heavy (non-hydrogen) atoms. The normalized spacial score (nSPS) is 32.3. The number of amides is 3. The van der Waals surface area contributed by atoms with Gasteiger partial charge in [0, 0.05) is 50.1 Å². The van der Waals surface area contributed by atoms with E-state index >= 15 is 0 Å². The highest BCUT2D eigenvalue weighted by Crippen LogP contribution is 2.43. The van der Waals surface area contributed by atoms with E-state index in [9.17, 15) is 22.8 Å². The average Bonchev–Trinajstić information content (AvgIpc) is 3.27. The zero-order chi connectivity index (χ0) is 22.0. The molecule has 3 fully saturated rings. The molecule has 3 atom stereocenters. The van der Waals surface area contributed by atoms with Gasteiger partial charge in [-0.15, -0.1) is 0 Å². The zero-order valence-electron chi connectivity index (χ0n) is 17.2. The van der Waals surface area contributed by atoms with E-state index in [1.807, 2.05) is 18.2 Å². The molecule has 1 aromatic rings. The molecule has 4 aliphatic rings. The summed E-state index contributed by atoms with van der Waals surface area (Å²) in [6.07, 6.45) is 0.576. The predicted molar refractivity (Wildman–Crippen MR) is 111 cm³/mol. The quantitative estimate of drug-likeness (QED) is 0.582. The molecule has 0 radical (unpaired) electrons. The van der Waals surface area contributed by atoms with Crippen molar-refractivity contribution in [2.75, 3.05) is 31.1 Å². The Bertz CT molecular complexity index is 1090. The number of piperidine rings is 1. The molecule has 10 heteroatoms. The lowest BCUT2D eigenvalue weighted by atomic mass is 9.81. The van der Waals surface area contributed by atoms with Gasteiger partial charge in [-0.2, -0.15) is 0 Å². The lowest BCUT2D eigenvalue weighted by molar-refractivity contribution is -0.136. The van der Waals surface area contributed by atoms with Gasteiger partial charge < -0.3 is 10.6 Å². The smallest absolute Gasteiger partial charge is 0.255 e. The third kappa shape index (κ3) is 3.46. The lowest BCUT2D eigenvalue weighted by Gasteiger charge is -2.29. The van der Waals surface area contributed by atoms with Crippen molar-refractivity contribution in [2.24, 2.45) is 17.1 Å². The lowest BCUT2D eigenvalue weighted by Crippen LogP contribution is -2.52. The molecule has 4 heterocycles. The van der Waals surface area contributed by atoms with Crippen molar-refractivity contribution in [1.29, 1.82) is 0 Å². The molecule has 4 aliphatic heterocycles. The minimum atomic E-state index is -3.02. The molecule has 3 saturated heterocycles. The molecule has 5 rings (SSSR count). The molecule has 0 aliphatic carbocycles. The van der Waals surface area contributed by atoms with Gasteiger partial charge in [0.1, 0.15) is 6.04 Å². The first-order valence-corrected chi connectivity index (χ1v) is 12.4. The number of benzene rings is 1. The Kier molecular flexibility index (Phi) is 4.72. The molecule has 3 amide bonds. The topological polar surface area (TPSA) is 130 Å². The number of nitrogens with two attached hydrogens (primary N) is 1. The van der Waals surface area contributed by atoms with Gasteiger partial charge in [0.25, 0.3) is 5.91 Å². The summed E-state index contributed by atoms with van der Waals surface area (Å²) in [5.74, 6) is -0.490. The second-order valence-corrected chi connectivity index (χ2v) is 11.5. The van der Waals surface area contributed by atoms with Crippen LogP contribution in [-0.2, 0) is 32.5 Å². The third-order valence-corrected chi connectivity index (χ3v) is 9.18. The minimum absolute atomic E-state index is 0.0570. The number of fused-ring (bicyclic) bond motifs is 2. The van der Waals surface area contributed by atoms with Crippen LogP contribution in [0.15, 0.2) is 18.2 Å². The second-order valence-electron chi connectivity index (χ2n) is 9.38. The Labute approximate surface area is 180 Å². The van der Waals surface area contributed by atoms with E-state index in [-0.39, 0.29) is 41.1 Å². The summed E-state index contributed by atoms with van der Waals surface area (Å²) in [6.45, 7) is 2.67. The Balaban J connectivity index is 1.30. The first-order chi connectivity index (χ1) is 14.7. The van der Waals surface area contributed by atoms with Gasteiger partial charge >= 0.3 is 0 Å². The third-order valence-electron chi connectivity index (χ3n) is 7.25. The molecule has 0 spiro atoms. The number of imide groups is 1. The van der Waals surface area contributed by atoms with Gasteiger partial charge in [0.15, 0.2) is 9.84 Å². The van der Waals surface area contributed by atoms with Crippen LogP contribution in [0.25, 0.3) is 0 Å². The fraction of sp³-hybridized carbons (Fsp3) is 0.571. The van der Waals surface area contributed by atoms with Crippen molar-refractivity contribution in [2.45, 2.75) is 32.0 Å². The number of carbonyl (C=O) groups is 3. The van der Waals surface area contributed by atoms with Crippen LogP contribution in [-0.4, -0.2) is 73.1 Å². The molecule has 1 unspecified atom stereocenters. The molecule has 0 aromatic heterocycles. The SMILES string of the molecule is NC[C@]12CN(Cc3ccc4c(c3)C(=O)N(C3CCC(=O)NC3=O)C4)C[C@H]1CS(=O)(=O)C2. The molecule has 0 bridgehead atoms. The number of carbonyl (C=O) groups excluding carboxylic acids is 3. The number of sulfone groups is 1. The van der Waals surface area contributed by atoms with Crippen LogP contribution in [0.5, 0.6) is 0 Å². The number of nitrogens with one attached hydrogen (secondary N) is 1. The fourth-order valence-corrected chi connectivity index (χ4v) is 8.22. The van der Waals surface area contributed by atoms with Crippen LogP contribution in [0.3, 0.4) is 0 Å². The average molecular weight is 447 g/mol. The van der Waals surface area contributed by atoms with Crippen LogP contribution in [0, 0.1) is 11.3 Å². The van der Waals surface area contributed by atoms with Gasteiger partial charge in [-0.3, -0.25) is 24.6 Å². The van der Waals surface area contributed by atoms with Crippen molar-refractivity contribution < 1.29 is 22.8 Å². The number of hydrogen-bond acceptors (Lipinski definition) is 7. The van der Waals surface area contributed by atoms with E-state index in [1.165, 1.54) is 0 Å². The van der Waals surface area contributed by atoms with E-state index in [0.717, 1.165) is 11.1 Å². The highest BCUT2D eigenvalue weighted by atomic mass is 32.2. The van der Waals surface area contributed by atoms with E-state index in [0.29, 0.717) is 44.7 Å². The van der Waals surface area contributed by atoms with Crippen LogP contribution in [0.4, 0.5) is 0 Å². The molecular formula is C21H26N4O5S. The largest absolute Gasteiger partial charge is 0.330 e. The molecule has 9 nitrogen and oxygen atoms in total.